The van der Waals surface area contributed by atoms with Crippen molar-refractivity contribution >= 4 is 16.8 Å². The van der Waals surface area contributed by atoms with E-state index in [1.807, 2.05) is 39.8 Å². The Labute approximate surface area is 135 Å². The second-order valence-electron chi connectivity index (χ2n) is 6.88. The molecular weight excluding hydrogens is 290 g/mol. The molecule has 0 fully saturated rings. The van der Waals surface area contributed by atoms with E-state index in [4.69, 9.17) is 4.52 Å². The van der Waals surface area contributed by atoms with Crippen molar-refractivity contribution in [2.45, 2.75) is 39.7 Å². The Hall–Kier alpha value is -2.56. The number of rotatable bonds is 3. The van der Waals surface area contributed by atoms with Crippen molar-refractivity contribution in [3.05, 3.63) is 53.0 Å². The number of benzene rings is 1. The number of aromatic amines is 1. The summed E-state index contributed by atoms with van der Waals surface area (Å²) in [5.74, 6) is 0.474. The number of hydrogen-bond donors (Lipinski definition) is 2. The standard InChI is InChI=1S/C18H21N3O2/c1-11-7-13-8-12(5-6-14(13)20-11)10-19-17(22)15-9-16(23-21-15)18(2,3)4/h5-9,20H,10H2,1-4H3,(H,19,22). The van der Waals surface area contributed by atoms with Gasteiger partial charge in [-0.3, -0.25) is 4.79 Å². The van der Waals surface area contributed by atoms with Gasteiger partial charge in [-0.05, 0) is 36.1 Å². The molecule has 3 aromatic rings. The maximum absolute atomic E-state index is 12.2. The molecule has 0 saturated heterocycles. The minimum atomic E-state index is -0.227. The maximum Gasteiger partial charge on any atom is 0.273 e. The number of nitrogens with one attached hydrogen (secondary N) is 2. The largest absolute Gasteiger partial charge is 0.360 e. The van der Waals surface area contributed by atoms with Crippen LogP contribution in [-0.4, -0.2) is 16.0 Å². The lowest BCUT2D eigenvalue weighted by molar-refractivity contribution is 0.0941. The summed E-state index contributed by atoms with van der Waals surface area (Å²) in [4.78, 5) is 15.5. The molecular formula is C18H21N3O2. The van der Waals surface area contributed by atoms with Crippen molar-refractivity contribution in [2.75, 3.05) is 0 Å². The second kappa shape index (κ2) is 5.57. The molecule has 120 valence electrons. The first-order valence-electron chi connectivity index (χ1n) is 7.66. The Morgan fingerprint density at radius 1 is 1.26 bits per heavy atom. The van der Waals surface area contributed by atoms with Crippen LogP contribution in [-0.2, 0) is 12.0 Å². The lowest BCUT2D eigenvalue weighted by Crippen LogP contribution is -2.23. The summed E-state index contributed by atoms with van der Waals surface area (Å²) in [5, 5.41) is 7.88. The number of amides is 1. The number of H-pyrrole nitrogens is 1. The predicted molar refractivity (Wildman–Crippen MR) is 89.4 cm³/mol. The van der Waals surface area contributed by atoms with Crippen LogP contribution in [0.3, 0.4) is 0 Å². The molecule has 1 aromatic carbocycles. The first kappa shape index (κ1) is 15.3. The molecule has 0 aliphatic carbocycles. The molecule has 5 heteroatoms. The smallest absolute Gasteiger partial charge is 0.273 e. The fourth-order valence-corrected chi connectivity index (χ4v) is 2.45. The van der Waals surface area contributed by atoms with E-state index >= 15 is 0 Å². The molecule has 0 aliphatic rings. The van der Waals surface area contributed by atoms with E-state index in [9.17, 15) is 4.79 Å². The van der Waals surface area contributed by atoms with Crippen LogP contribution in [0, 0.1) is 6.92 Å². The molecule has 0 saturated carbocycles. The average Bonchev–Trinajstić information content (AvgIpc) is 3.09. The number of aromatic nitrogens is 2. The minimum absolute atomic E-state index is 0.164. The van der Waals surface area contributed by atoms with Gasteiger partial charge in [0.2, 0.25) is 0 Å². The van der Waals surface area contributed by atoms with E-state index < -0.39 is 0 Å². The van der Waals surface area contributed by atoms with E-state index in [1.54, 1.807) is 6.07 Å². The Morgan fingerprint density at radius 3 is 2.74 bits per heavy atom. The Bertz CT molecular complexity index is 853. The SMILES string of the molecule is Cc1cc2cc(CNC(=O)c3cc(C(C)(C)C)on3)ccc2[nH]1. The van der Waals surface area contributed by atoms with Gasteiger partial charge in [-0.2, -0.15) is 0 Å². The average molecular weight is 311 g/mol. The predicted octanol–water partition coefficient (Wildman–Crippen LogP) is 3.69. The molecule has 2 N–H and O–H groups in total. The zero-order chi connectivity index (χ0) is 16.6. The van der Waals surface area contributed by atoms with Crippen molar-refractivity contribution in [2.24, 2.45) is 0 Å². The van der Waals surface area contributed by atoms with Crippen LogP contribution in [0.25, 0.3) is 10.9 Å². The molecule has 0 radical (unpaired) electrons. The summed E-state index contributed by atoms with van der Waals surface area (Å²) in [6, 6.07) is 9.89. The normalized spacial score (nSPS) is 11.8. The van der Waals surface area contributed by atoms with E-state index in [0.717, 1.165) is 22.2 Å². The molecule has 3 rings (SSSR count). The van der Waals surface area contributed by atoms with Crippen LogP contribution >= 0.6 is 0 Å². The van der Waals surface area contributed by atoms with Gasteiger partial charge in [0.05, 0.1) is 0 Å². The lowest BCUT2D eigenvalue weighted by atomic mass is 9.93. The van der Waals surface area contributed by atoms with Crippen LogP contribution in [0.2, 0.25) is 0 Å². The molecule has 2 aromatic heterocycles. The van der Waals surface area contributed by atoms with Gasteiger partial charge in [0.15, 0.2) is 5.69 Å². The van der Waals surface area contributed by atoms with E-state index in [2.05, 4.69) is 27.6 Å². The number of carbonyl (C=O) groups excluding carboxylic acids is 1. The highest BCUT2D eigenvalue weighted by Crippen LogP contribution is 2.22. The highest BCUT2D eigenvalue weighted by molar-refractivity contribution is 5.92. The number of nitrogens with zero attached hydrogens (tertiary/aromatic N) is 1. The second-order valence-corrected chi connectivity index (χ2v) is 6.88. The molecule has 0 spiro atoms. The topological polar surface area (TPSA) is 70.9 Å². The molecule has 0 unspecified atom stereocenters. The van der Waals surface area contributed by atoms with Crippen LogP contribution in [0.1, 0.15) is 48.3 Å². The molecule has 2 heterocycles. The number of carbonyl (C=O) groups is 1. The van der Waals surface area contributed by atoms with E-state index in [1.165, 1.54) is 0 Å². The van der Waals surface area contributed by atoms with Crippen molar-refractivity contribution < 1.29 is 9.32 Å². The number of hydrogen-bond acceptors (Lipinski definition) is 3. The summed E-state index contributed by atoms with van der Waals surface area (Å²) in [6.45, 7) is 8.53. The quantitative estimate of drug-likeness (QED) is 0.775. The Balaban J connectivity index is 1.69. The van der Waals surface area contributed by atoms with Crippen LogP contribution in [0.4, 0.5) is 0 Å². The molecule has 0 atom stereocenters. The first-order valence-corrected chi connectivity index (χ1v) is 7.66. The lowest BCUT2D eigenvalue weighted by Gasteiger charge is -2.12. The third-order valence-corrected chi connectivity index (χ3v) is 3.75. The summed E-state index contributed by atoms with van der Waals surface area (Å²) < 4.78 is 5.25. The Morgan fingerprint density at radius 2 is 2.04 bits per heavy atom. The first-order chi connectivity index (χ1) is 10.8. The van der Waals surface area contributed by atoms with Gasteiger partial charge in [-0.1, -0.05) is 32.0 Å². The van der Waals surface area contributed by atoms with Gasteiger partial charge in [-0.25, -0.2) is 0 Å². The fraction of sp³-hybridized carbons (Fsp3) is 0.333. The highest BCUT2D eigenvalue weighted by Gasteiger charge is 2.21. The molecule has 5 nitrogen and oxygen atoms in total. The third-order valence-electron chi connectivity index (χ3n) is 3.75. The van der Waals surface area contributed by atoms with Crippen molar-refractivity contribution in [3.8, 4) is 0 Å². The van der Waals surface area contributed by atoms with E-state index in [-0.39, 0.29) is 11.3 Å². The van der Waals surface area contributed by atoms with Crippen LogP contribution in [0.15, 0.2) is 34.9 Å². The highest BCUT2D eigenvalue weighted by atomic mass is 16.5. The van der Waals surface area contributed by atoms with Crippen molar-refractivity contribution in [1.29, 1.82) is 0 Å². The van der Waals surface area contributed by atoms with Crippen molar-refractivity contribution in [1.82, 2.24) is 15.5 Å². The van der Waals surface area contributed by atoms with Gasteiger partial charge in [0.1, 0.15) is 5.76 Å². The van der Waals surface area contributed by atoms with Gasteiger partial charge in [0.25, 0.3) is 5.91 Å². The zero-order valence-electron chi connectivity index (χ0n) is 13.9. The molecule has 23 heavy (non-hydrogen) atoms. The Kier molecular flexibility index (Phi) is 3.72. The van der Waals surface area contributed by atoms with Crippen molar-refractivity contribution in [3.63, 3.8) is 0 Å². The monoisotopic (exact) mass is 311 g/mol. The number of fused-ring (bicyclic) bond motifs is 1. The molecule has 0 aliphatic heterocycles. The summed E-state index contributed by atoms with van der Waals surface area (Å²) in [5.41, 5.74) is 3.42. The maximum atomic E-state index is 12.2. The zero-order valence-corrected chi connectivity index (χ0v) is 13.9. The number of aryl methyl sites for hydroxylation is 1. The van der Waals surface area contributed by atoms with E-state index in [0.29, 0.717) is 18.0 Å². The summed E-state index contributed by atoms with van der Waals surface area (Å²) in [6.07, 6.45) is 0. The van der Waals surface area contributed by atoms with Crippen LogP contribution < -0.4 is 5.32 Å². The van der Waals surface area contributed by atoms with Gasteiger partial charge in [0, 0.05) is 29.2 Å². The minimum Gasteiger partial charge on any atom is -0.360 e. The van der Waals surface area contributed by atoms with Gasteiger partial charge >= 0.3 is 0 Å². The third kappa shape index (κ3) is 3.28. The van der Waals surface area contributed by atoms with Gasteiger partial charge in [-0.15, -0.1) is 0 Å². The summed E-state index contributed by atoms with van der Waals surface area (Å²) >= 11 is 0. The van der Waals surface area contributed by atoms with Gasteiger partial charge < -0.3 is 14.8 Å². The molecule has 1 amide bonds. The fourth-order valence-electron chi connectivity index (χ4n) is 2.45. The van der Waals surface area contributed by atoms with Crippen LogP contribution in [0.5, 0.6) is 0 Å². The summed E-state index contributed by atoms with van der Waals surface area (Å²) in [7, 11) is 0. The molecule has 0 bridgehead atoms.